The summed E-state index contributed by atoms with van der Waals surface area (Å²) in [5, 5.41) is 15.2. The number of halogens is 1. The number of hydrogen-bond donors (Lipinski definition) is 3. The summed E-state index contributed by atoms with van der Waals surface area (Å²) in [5.41, 5.74) is 2.15. The van der Waals surface area contributed by atoms with E-state index in [2.05, 4.69) is 10.6 Å². The predicted molar refractivity (Wildman–Crippen MR) is 122 cm³/mol. The minimum atomic E-state index is -0.642. The second-order valence-corrected chi connectivity index (χ2v) is 8.20. The zero-order chi connectivity index (χ0) is 23.3. The number of carbonyl (C=O) groups is 3. The van der Waals surface area contributed by atoms with Crippen molar-refractivity contribution in [2.45, 2.75) is 26.4 Å². The molecule has 3 rings (SSSR count). The lowest BCUT2D eigenvalue weighted by molar-refractivity contribution is -0.126. The van der Waals surface area contributed by atoms with Gasteiger partial charge in [-0.15, -0.1) is 0 Å². The van der Waals surface area contributed by atoms with E-state index in [0.29, 0.717) is 22.1 Å². The minimum absolute atomic E-state index is 0.118. The minimum Gasteiger partial charge on any atom is -0.484 e. The molecule has 1 fully saturated rings. The van der Waals surface area contributed by atoms with Gasteiger partial charge in [0.15, 0.2) is 6.61 Å². The van der Waals surface area contributed by atoms with Gasteiger partial charge < -0.3 is 25.4 Å². The highest BCUT2D eigenvalue weighted by Gasteiger charge is 2.35. The van der Waals surface area contributed by atoms with Gasteiger partial charge in [0, 0.05) is 35.9 Å². The summed E-state index contributed by atoms with van der Waals surface area (Å²) in [7, 11) is 0. The highest BCUT2D eigenvalue weighted by molar-refractivity contribution is 6.31. The number of aryl methyl sites for hydroxylation is 1. The average Bonchev–Trinajstić information content (AvgIpc) is 3.15. The van der Waals surface area contributed by atoms with Crippen LogP contribution >= 0.6 is 11.6 Å². The van der Waals surface area contributed by atoms with Crippen LogP contribution in [-0.4, -0.2) is 48.6 Å². The molecule has 2 aromatic carbocycles. The van der Waals surface area contributed by atoms with Gasteiger partial charge in [-0.2, -0.15) is 0 Å². The Bertz CT molecular complexity index is 994. The van der Waals surface area contributed by atoms with Gasteiger partial charge in [0.2, 0.25) is 11.8 Å². The molecule has 3 N–H and O–H groups in total. The highest BCUT2D eigenvalue weighted by Crippen LogP contribution is 2.27. The van der Waals surface area contributed by atoms with Crippen molar-refractivity contribution in [3.8, 4) is 5.75 Å². The van der Waals surface area contributed by atoms with E-state index in [1.54, 1.807) is 48.2 Å². The fourth-order valence-electron chi connectivity index (χ4n) is 3.26. The van der Waals surface area contributed by atoms with Gasteiger partial charge in [-0.1, -0.05) is 17.7 Å². The number of aliphatic hydroxyl groups excluding tert-OH is 1. The van der Waals surface area contributed by atoms with Crippen molar-refractivity contribution in [3.63, 3.8) is 0 Å². The number of nitrogens with one attached hydrogen (secondary N) is 2. The van der Waals surface area contributed by atoms with Crippen molar-refractivity contribution in [1.29, 1.82) is 0 Å². The number of aliphatic hydroxyl groups is 1. The van der Waals surface area contributed by atoms with Crippen LogP contribution in [0, 0.1) is 12.8 Å². The van der Waals surface area contributed by atoms with Crippen LogP contribution < -0.4 is 20.3 Å². The summed E-state index contributed by atoms with van der Waals surface area (Å²) in [5.74, 6) is -0.704. The Balaban J connectivity index is 1.51. The third-order valence-electron chi connectivity index (χ3n) is 5.04. The molecular weight excluding hydrogens is 434 g/mol. The Hall–Kier alpha value is -3.10. The van der Waals surface area contributed by atoms with Gasteiger partial charge in [-0.05, 0) is 55.8 Å². The number of benzene rings is 2. The number of nitrogens with zero attached hydrogens (tertiary/aromatic N) is 1. The molecule has 1 aliphatic heterocycles. The third-order valence-corrected chi connectivity index (χ3v) is 5.45. The van der Waals surface area contributed by atoms with Gasteiger partial charge in [0.05, 0.1) is 12.0 Å². The number of carbonyl (C=O) groups excluding carboxylic acids is 3. The van der Waals surface area contributed by atoms with Crippen molar-refractivity contribution in [3.05, 3.63) is 53.1 Å². The van der Waals surface area contributed by atoms with Crippen molar-refractivity contribution in [2.24, 2.45) is 5.92 Å². The van der Waals surface area contributed by atoms with Crippen LogP contribution in [0.25, 0.3) is 0 Å². The molecule has 1 saturated heterocycles. The Labute approximate surface area is 191 Å². The standard InChI is InChI=1S/C23H26ClN3O5/c1-14-3-4-17(10-20(14)24)26-21(29)13-32-19-7-5-18(6-8-19)27-12-16(9-22(27)30)23(31)25-11-15(2)28/h3-8,10,15-16,28H,9,11-13H2,1-2H3,(H,25,31)(H,26,29)/t15-,16+/m0/s1. The fourth-order valence-corrected chi connectivity index (χ4v) is 3.44. The van der Waals surface area contributed by atoms with E-state index in [4.69, 9.17) is 16.3 Å². The summed E-state index contributed by atoms with van der Waals surface area (Å²) in [6.07, 6.45) is -0.524. The lowest BCUT2D eigenvalue weighted by atomic mass is 10.1. The van der Waals surface area contributed by atoms with Gasteiger partial charge in [-0.25, -0.2) is 0 Å². The Morgan fingerprint density at radius 1 is 1.25 bits per heavy atom. The van der Waals surface area contributed by atoms with Gasteiger partial charge >= 0.3 is 0 Å². The molecule has 9 heteroatoms. The van der Waals surface area contributed by atoms with Crippen LogP contribution in [0.2, 0.25) is 5.02 Å². The molecule has 0 aliphatic carbocycles. The number of hydrogen-bond acceptors (Lipinski definition) is 5. The van der Waals surface area contributed by atoms with Gasteiger partial charge in [0.25, 0.3) is 5.91 Å². The van der Waals surface area contributed by atoms with E-state index in [9.17, 15) is 19.5 Å². The summed E-state index contributed by atoms with van der Waals surface area (Å²) in [4.78, 5) is 38.2. The van der Waals surface area contributed by atoms with Crippen LogP contribution in [0.5, 0.6) is 5.75 Å². The summed E-state index contributed by atoms with van der Waals surface area (Å²) in [6, 6.07) is 12.0. The topological polar surface area (TPSA) is 108 Å². The lowest BCUT2D eigenvalue weighted by Crippen LogP contribution is -2.36. The van der Waals surface area contributed by atoms with E-state index in [1.807, 2.05) is 13.0 Å². The van der Waals surface area contributed by atoms with E-state index in [-0.39, 0.29) is 43.8 Å². The molecule has 3 amide bonds. The van der Waals surface area contributed by atoms with E-state index >= 15 is 0 Å². The molecule has 8 nitrogen and oxygen atoms in total. The van der Waals surface area contributed by atoms with Crippen LogP contribution in [-0.2, 0) is 14.4 Å². The molecule has 1 heterocycles. The largest absolute Gasteiger partial charge is 0.484 e. The van der Waals surface area contributed by atoms with E-state index < -0.39 is 12.0 Å². The third kappa shape index (κ3) is 6.21. The normalized spacial score (nSPS) is 16.6. The molecule has 170 valence electrons. The molecule has 0 unspecified atom stereocenters. The SMILES string of the molecule is Cc1ccc(NC(=O)COc2ccc(N3C[C@H](C(=O)NC[C@H](C)O)CC3=O)cc2)cc1Cl. The molecule has 2 atom stereocenters. The average molecular weight is 460 g/mol. The molecule has 0 aromatic heterocycles. The number of amides is 3. The molecule has 0 radical (unpaired) electrons. The lowest BCUT2D eigenvalue weighted by Gasteiger charge is -2.17. The maximum absolute atomic E-state index is 12.3. The first kappa shape index (κ1) is 23.6. The quantitative estimate of drug-likeness (QED) is 0.562. The summed E-state index contributed by atoms with van der Waals surface area (Å²) in [6.45, 7) is 3.70. The number of anilines is 2. The molecule has 0 spiro atoms. The monoisotopic (exact) mass is 459 g/mol. The van der Waals surface area contributed by atoms with E-state index in [1.165, 1.54) is 0 Å². The molecule has 2 aromatic rings. The van der Waals surface area contributed by atoms with E-state index in [0.717, 1.165) is 5.56 Å². The summed E-state index contributed by atoms with van der Waals surface area (Å²) >= 11 is 6.06. The maximum atomic E-state index is 12.3. The van der Waals surface area contributed by atoms with Crippen LogP contribution in [0.1, 0.15) is 18.9 Å². The zero-order valence-electron chi connectivity index (χ0n) is 17.9. The number of rotatable bonds is 8. The molecule has 0 bridgehead atoms. The van der Waals surface area contributed by atoms with Crippen molar-refractivity contribution in [1.82, 2.24) is 5.32 Å². The Kier molecular flexibility index (Phi) is 7.71. The fraction of sp³-hybridized carbons (Fsp3) is 0.348. The van der Waals surface area contributed by atoms with Crippen LogP contribution in [0.3, 0.4) is 0 Å². The smallest absolute Gasteiger partial charge is 0.262 e. The second-order valence-electron chi connectivity index (χ2n) is 7.79. The Morgan fingerprint density at radius 3 is 2.62 bits per heavy atom. The van der Waals surface area contributed by atoms with Crippen molar-refractivity contribution in [2.75, 3.05) is 29.9 Å². The maximum Gasteiger partial charge on any atom is 0.262 e. The molecule has 1 aliphatic rings. The molecular formula is C23H26ClN3O5. The summed E-state index contributed by atoms with van der Waals surface area (Å²) < 4.78 is 5.52. The predicted octanol–water partition coefficient (Wildman–Crippen LogP) is 2.52. The first-order chi connectivity index (χ1) is 15.2. The first-order valence-corrected chi connectivity index (χ1v) is 10.7. The highest BCUT2D eigenvalue weighted by atomic mass is 35.5. The zero-order valence-corrected chi connectivity index (χ0v) is 18.7. The van der Waals surface area contributed by atoms with Crippen molar-refractivity contribution < 1.29 is 24.2 Å². The number of ether oxygens (including phenoxy) is 1. The first-order valence-electron chi connectivity index (χ1n) is 10.3. The van der Waals surface area contributed by atoms with Crippen molar-refractivity contribution >= 4 is 40.7 Å². The Morgan fingerprint density at radius 2 is 1.97 bits per heavy atom. The van der Waals surface area contributed by atoms with Crippen LogP contribution in [0.15, 0.2) is 42.5 Å². The molecule has 32 heavy (non-hydrogen) atoms. The molecule has 0 saturated carbocycles. The van der Waals surface area contributed by atoms with Gasteiger partial charge in [0.1, 0.15) is 5.75 Å². The van der Waals surface area contributed by atoms with Crippen LogP contribution in [0.4, 0.5) is 11.4 Å². The second kappa shape index (κ2) is 10.5. The van der Waals surface area contributed by atoms with Gasteiger partial charge in [-0.3, -0.25) is 14.4 Å².